The Morgan fingerprint density at radius 1 is 0.925 bits per heavy atom. The first-order valence-electron chi connectivity index (χ1n) is 22.1. The van der Waals surface area contributed by atoms with Crippen LogP contribution in [-0.2, 0) is 19.1 Å². The minimum Gasteiger partial charge on any atom is -0.507 e. The number of hydrogen-bond donors (Lipinski definition) is 4. The third-order valence-corrected chi connectivity index (χ3v) is 14.8. The third-order valence-electron chi connectivity index (χ3n) is 12.6. The standard InChI is InChI=1S/C50H54N8O7S2/c1-25-28(4)67-49-41(25)42(53-37(22-40(61)65-9)45-56-55-29(5)58(45)49)32-14-12-31(13-15-32)36-19-18-34(20-39(36)60)46(62)54-44(50(6,7)8)48(64)57-23-35(59)21-38(57)47(63)52-26(2)30-10-16-33(17-11-30)43-27(3)51-24-66-43/h10-20,24,26,35,37-38,44,59-60H,21-23H2,1-9H3,(H,52,63)(H,54,62)/t26-,35+,37-,38-,44+/m0/s1. The molecule has 0 saturated carbocycles. The quantitative estimate of drug-likeness (QED) is 0.0943. The number of benzene rings is 3. The number of hydrogen-bond acceptors (Lipinski definition) is 13. The molecule has 8 rings (SSSR count). The topological polar surface area (TPSA) is 201 Å². The smallest absolute Gasteiger partial charge is 0.308 e. The van der Waals surface area contributed by atoms with Gasteiger partial charge >= 0.3 is 5.97 Å². The Hall–Kier alpha value is -6.56. The number of likely N-dealkylation sites (tertiary alicyclic amines) is 1. The number of fused-ring (bicyclic) bond motifs is 3. The lowest BCUT2D eigenvalue weighted by Crippen LogP contribution is -2.57. The Morgan fingerprint density at radius 3 is 2.25 bits per heavy atom. The summed E-state index contributed by atoms with van der Waals surface area (Å²) in [6.45, 7) is 15.2. The number of phenolic OH excluding ortho intramolecular Hbond substituents is 1. The molecule has 0 radical (unpaired) electrons. The van der Waals surface area contributed by atoms with Gasteiger partial charge in [-0.05, 0) is 80.5 Å². The summed E-state index contributed by atoms with van der Waals surface area (Å²) in [7, 11) is 1.34. The molecular formula is C50H54N8O7S2. The van der Waals surface area contributed by atoms with E-state index in [1.54, 1.807) is 34.8 Å². The summed E-state index contributed by atoms with van der Waals surface area (Å²) in [4.78, 5) is 67.7. The molecule has 6 aromatic rings. The Balaban J connectivity index is 0.983. The molecule has 2 aliphatic heterocycles. The van der Waals surface area contributed by atoms with Gasteiger partial charge in [0.1, 0.15) is 34.7 Å². The fourth-order valence-electron chi connectivity index (χ4n) is 8.72. The van der Waals surface area contributed by atoms with Crippen LogP contribution in [0.4, 0.5) is 0 Å². The van der Waals surface area contributed by atoms with E-state index in [0.29, 0.717) is 28.5 Å². The SMILES string of the molecule is COC(=O)C[C@@H]1N=C(c2ccc(-c3ccc(C(=O)N[C@H](C(=O)N4C[C@H](O)C[C@H]4C(=O)N[C@@H](C)c4ccc(-c5scnc5C)cc4)C(C)(C)C)cc3O)cc2)c2c(sc(C)c2C)-n2c(C)nnc21. The van der Waals surface area contributed by atoms with Gasteiger partial charge in [0, 0.05) is 40.1 Å². The maximum atomic E-state index is 14.4. The number of aliphatic hydroxyl groups excluding tert-OH is 1. The molecule has 3 aromatic carbocycles. The number of thiazole rings is 1. The summed E-state index contributed by atoms with van der Waals surface area (Å²) < 4.78 is 6.99. The van der Waals surface area contributed by atoms with Crippen LogP contribution in [0.2, 0.25) is 0 Å². The molecule has 4 N–H and O–H groups in total. The number of phenols is 1. The van der Waals surface area contributed by atoms with Gasteiger partial charge in [0.05, 0.1) is 47.5 Å². The number of aryl methyl sites for hydroxylation is 3. The van der Waals surface area contributed by atoms with Gasteiger partial charge in [0.2, 0.25) is 11.8 Å². The minimum absolute atomic E-state index is 0.0222. The van der Waals surface area contributed by atoms with Crippen LogP contribution in [0.15, 0.2) is 77.2 Å². The first-order valence-corrected chi connectivity index (χ1v) is 23.7. The number of rotatable bonds is 11. The number of amides is 3. The molecule has 5 heterocycles. The van der Waals surface area contributed by atoms with Gasteiger partial charge in [-0.2, -0.15) is 0 Å². The maximum Gasteiger partial charge on any atom is 0.308 e. The van der Waals surface area contributed by atoms with Crippen LogP contribution in [-0.4, -0.2) is 96.1 Å². The molecule has 0 aliphatic carbocycles. The second kappa shape index (κ2) is 18.6. The van der Waals surface area contributed by atoms with Crippen molar-refractivity contribution < 1.29 is 34.1 Å². The van der Waals surface area contributed by atoms with E-state index in [4.69, 9.17) is 9.73 Å². The molecular weight excluding hydrogens is 889 g/mol. The van der Waals surface area contributed by atoms with Crippen molar-refractivity contribution >= 4 is 52.1 Å². The summed E-state index contributed by atoms with van der Waals surface area (Å²) in [6.07, 6.45) is -0.897. The van der Waals surface area contributed by atoms with Crippen molar-refractivity contribution in [1.29, 1.82) is 0 Å². The highest BCUT2D eigenvalue weighted by molar-refractivity contribution is 7.15. The zero-order chi connectivity index (χ0) is 48.1. The molecule has 3 aromatic heterocycles. The molecule has 1 fully saturated rings. The molecule has 3 amide bonds. The van der Waals surface area contributed by atoms with Crippen molar-refractivity contribution in [2.24, 2.45) is 10.4 Å². The molecule has 17 heteroatoms. The first kappa shape index (κ1) is 47.0. The van der Waals surface area contributed by atoms with Gasteiger partial charge < -0.3 is 30.5 Å². The lowest BCUT2D eigenvalue weighted by molar-refractivity contribution is -0.142. The van der Waals surface area contributed by atoms with Crippen LogP contribution in [0.1, 0.15) is 107 Å². The van der Waals surface area contributed by atoms with Crippen LogP contribution in [0, 0.1) is 33.1 Å². The van der Waals surface area contributed by atoms with Gasteiger partial charge in [-0.25, -0.2) is 4.98 Å². The molecule has 15 nitrogen and oxygen atoms in total. The maximum absolute atomic E-state index is 14.4. The number of methoxy groups -OCH3 is 1. The summed E-state index contributed by atoms with van der Waals surface area (Å²) in [6, 6.07) is 16.9. The summed E-state index contributed by atoms with van der Waals surface area (Å²) in [5.74, 6) is -0.830. The Kier molecular flexibility index (Phi) is 13.0. The van der Waals surface area contributed by atoms with E-state index in [9.17, 15) is 29.4 Å². The number of aromatic hydroxyl groups is 1. The molecule has 348 valence electrons. The van der Waals surface area contributed by atoms with E-state index < -0.39 is 53.3 Å². The molecule has 5 atom stereocenters. The number of aliphatic imine (C=N–C) groups is 1. The second-order valence-electron chi connectivity index (χ2n) is 18.3. The average Bonchev–Trinajstić information content (AvgIpc) is 4.07. The van der Waals surface area contributed by atoms with Crippen molar-refractivity contribution in [2.45, 2.75) is 98.5 Å². The Morgan fingerprint density at radius 2 is 1.61 bits per heavy atom. The van der Waals surface area contributed by atoms with Gasteiger partial charge in [0.25, 0.3) is 5.91 Å². The fourth-order valence-corrected chi connectivity index (χ4v) is 10.7. The number of aromatic nitrogens is 4. The Labute approximate surface area is 397 Å². The summed E-state index contributed by atoms with van der Waals surface area (Å²) >= 11 is 3.17. The third kappa shape index (κ3) is 9.27. The normalized spacial score (nSPS) is 17.7. The summed E-state index contributed by atoms with van der Waals surface area (Å²) in [5.41, 5.74) is 8.61. The number of ether oxygens (including phenoxy) is 1. The van der Waals surface area contributed by atoms with Gasteiger partial charge in [0.15, 0.2) is 5.82 Å². The molecule has 2 aliphatic rings. The average molecular weight is 943 g/mol. The van der Waals surface area contributed by atoms with Crippen LogP contribution >= 0.6 is 22.7 Å². The first-order chi connectivity index (χ1) is 31.8. The van der Waals surface area contributed by atoms with Gasteiger partial charge in [-0.1, -0.05) is 69.3 Å². The van der Waals surface area contributed by atoms with Crippen LogP contribution < -0.4 is 10.6 Å². The largest absolute Gasteiger partial charge is 0.507 e. The van der Waals surface area contributed by atoms with Gasteiger partial charge in [-0.3, -0.25) is 28.7 Å². The predicted molar refractivity (Wildman–Crippen MR) is 258 cm³/mol. The number of esters is 1. The van der Waals surface area contributed by atoms with Crippen molar-refractivity contribution in [3.8, 4) is 32.3 Å². The number of thiophene rings is 1. The molecule has 0 bridgehead atoms. The van der Waals surface area contributed by atoms with E-state index in [1.807, 2.05) is 107 Å². The van der Waals surface area contributed by atoms with Crippen LogP contribution in [0.25, 0.3) is 26.6 Å². The number of β-amino-alcohol motifs (C(OH)–C–C–N with tert-alkyl or cyclic N) is 1. The number of aliphatic hydroxyl groups is 1. The number of carbonyl (C=O) groups excluding carboxylic acids is 4. The van der Waals surface area contributed by atoms with Crippen LogP contribution in [0.5, 0.6) is 5.75 Å². The highest BCUT2D eigenvalue weighted by Gasteiger charge is 2.45. The van der Waals surface area contributed by atoms with E-state index in [2.05, 4.69) is 32.7 Å². The minimum atomic E-state index is -1.08. The number of nitrogens with zero attached hydrogens (tertiary/aromatic N) is 6. The number of carbonyl (C=O) groups is 4. The predicted octanol–water partition coefficient (Wildman–Crippen LogP) is 7.50. The van der Waals surface area contributed by atoms with E-state index >= 15 is 0 Å². The lowest BCUT2D eigenvalue weighted by Gasteiger charge is -2.35. The Bertz CT molecular complexity index is 2910. The second-order valence-corrected chi connectivity index (χ2v) is 20.3. The van der Waals surface area contributed by atoms with E-state index in [-0.39, 0.29) is 36.7 Å². The zero-order valence-electron chi connectivity index (χ0n) is 38.9. The molecule has 0 spiro atoms. The number of nitrogens with one attached hydrogen (secondary N) is 2. The highest BCUT2D eigenvalue weighted by atomic mass is 32.1. The molecule has 0 unspecified atom stereocenters. The van der Waals surface area contributed by atoms with Crippen LogP contribution in [0.3, 0.4) is 0 Å². The molecule has 1 saturated heterocycles. The lowest BCUT2D eigenvalue weighted by atomic mass is 9.85. The van der Waals surface area contributed by atoms with Crippen molar-refractivity contribution in [1.82, 2.24) is 35.3 Å². The van der Waals surface area contributed by atoms with E-state index in [1.165, 1.54) is 18.1 Å². The summed E-state index contributed by atoms with van der Waals surface area (Å²) in [5, 5.41) is 37.7. The monoisotopic (exact) mass is 942 g/mol. The van der Waals surface area contributed by atoms with Crippen molar-refractivity contribution in [2.75, 3.05) is 13.7 Å². The zero-order valence-corrected chi connectivity index (χ0v) is 40.5. The van der Waals surface area contributed by atoms with E-state index in [0.717, 1.165) is 48.3 Å². The molecule has 67 heavy (non-hydrogen) atoms. The van der Waals surface area contributed by atoms with Crippen molar-refractivity contribution in [3.05, 3.63) is 122 Å². The van der Waals surface area contributed by atoms with Crippen molar-refractivity contribution in [3.63, 3.8) is 0 Å². The highest BCUT2D eigenvalue weighted by Crippen LogP contribution is 2.40. The fraction of sp³-hybridized carbons (Fsp3) is 0.360. The van der Waals surface area contributed by atoms with Gasteiger partial charge in [-0.15, -0.1) is 32.9 Å².